The Labute approximate surface area is 164 Å². The molecule has 0 fully saturated rings. The number of benzene rings is 2. The SMILES string of the molecule is Cc1ccc(C)c(OCC(=O)Nc2nc(-c3ccccc3OC(F)F)cs2)c1. The Kier molecular flexibility index (Phi) is 6.20. The Bertz CT molecular complexity index is 976. The van der Waals surface area contributed by atoms with Crippen molar-refractivity contribution in [3.63, 3.8) is 0 Å². The molecule has 0 unspecified atom stereocenters. The number of carbonyl (C=O) groups is 1. The molecule has 1 amide bonds. The lowest BCUT2D eigenvalue weighted by molar-refractivity contribution is -0.118. The highest BCUT2D eigenvalue weighted by molar-refractivity contribution is 7.14. The number of halogens is 2. The average Bonchev–Trinajstić information content (AvgIpc) is 3.10. The number of ether oxygens (including phenoxy) is 2. The highest BCUT2D eigenvalue weighted by Gasteiger charge is 2.14. The van der Waals surface area contributed by atoms with Crippen molar-refractivity contribution < 1.29 is 23.0 Å². The van der Waals surface area contributed by atoms with Crippen LogP contribution >= 0.6 is 11.3 Å². The Hall–Kier alpha value is -3.00. The minimum absolute atomic E-state index is 0.0268. The second-order valence-electron chi connectivity index (χ2n) is 6.02. The number of hydrogen-bond donors (Lipinski definition) is 1. The third kappa shape index (κ3) is 5.04. The lowest BCUT2D eigenvalue weighted by atomic mass is 10.1. The summed E-state index contributed by atoms with van der Waals surface area (Å²) in [5.74, 6) is 0.311. The van der Waals surface area contributed by atoms with Crippen LogP contribution in [0.4, 0.5) is 13.9 Å². The Morgan fingerprint density at radius 2 is 1.96 bits per heavy atom. The summed E-state index contributed by atoms with van der Waals surface area (Å²) < 4.78 is 35.2. The monoisotopic (exact) mass is 404 g/mol. The lowest BCUT2D eigenvalue weighted by Gasteiger charge is -2.09. The predicted molar refractivity (Wildman–Crippen MR) is 104 cm³/mol. The Balaban J connectivity index is 1.65. The molecule has 28 heavy (non-hydrogen) atoms. The lowest BCUT2D eigenvalue weighted by Crippen LogP contribution is -2.20. The van der Waals surface area contributed by atoms with Crippen LogP contribution in [-0.2, 0) is 4.79 Å². The molecule has 0 spiro atoms. The van der Waals surface area contributed by atoms with Crippen molar-refractivity contribution in [3.05, 3.63) is 59.0 Å². The van der Waals surface area contributed by atoms with Gasteiger partial charge in [-0.15, -0.1) is 11.3 Å². The summed E-state index contributed by atoms with van der Waals surface area (Å²) >= 11 is 1.19. The van der Waals surface area contributed by atoms with Crippen molar-refractivity contribution in [1.29, 1.82) is 0 Å². The first-order valence-electron chi connectivity index (χ1n) is 8.42. The largest absolute Gasteiger partial charge is 0.483 e. The molecule has 0 aliphatic heterocycles. The fraction of sp³-hybridized carbons (Fsp3) is 0.200. The highest BCUT2D eigenvalue weighted by atomic mass is 32.1. The molecule has 3 rings (SSSR count). The molecule has 0 aliphatic rings. The summed E-state index contributed by atoms with van der Waals surface area (Å²) in [6.07, 6.45) is 0. The van der Waals surface area contributed by atoms with E-state index in [9.17, 15) is 13.6 Å². The maximum atomic E-state index is 12.6. The van der Waals surface area contributed by atoms with Crippen LogP contribution in [0.1, 0.15) is 11.1 Å². The number of carbonyl (C=O) groups excluding carboxylic acids is 1. The summed E-state index contributed by atoms with van der Waals surface area (Å²) in [6, 6.07) is 12.1. The quantitative estimate of drug-likeness (QED) is 0.599. The van der Waals surface area contributed by atoms with Gasteiger partial charge in [-0.2, -0.15) is 8.78 Å². The fourth-order valence-electron chi connectivity index (χ4n) is 2.49. The van der Waals surface area contributed by atoms with Gasteiger partial charge in [-0.3, -0.25) is 10.1 Å². The van der Waals surface area contributed by atoms with E-state index >= 15 is 0 Å². The number of aromatic nitrogens is 1. The van der Waals surface area contributed by atoms with Gasteiger partial charge in [0.15, 0.2) is 11.7 Å². The van der Waals surface area contributed by atoms with Gasteiger partial charge in [0, 0.05) is 10.9 Å². The number of thiazole rings is 1. The van der Waals surface area contributed by atoms with Crippen LogP contribution in [0.5, 0.6) is 11.5 Å². The number of hydrogen-bond acceptors (Lipinski definition) is 5. The third-order valence-electron chi connectivity index (χ3n) is 3.83. The van der Waals surface area contributed by atoms with Crippen molar-refractivity contribution in [2.45, 2.75) is 20.5 Å². The molecule has 0 aliphatic carbocycles. The molecule has 1 aromatic heterocycles. The van der Waals surface area contributed by atoms with Gasteiger partial charge < -0.3 is 9.47 Å². The number of aryl methyl sites for hydroxylation is 2. The molecular formula is C20H18F2N2O3S. The number of para-hydroxylation sites is 1. The first-order valence-corrected chi connectivity index (χ1v) is 9.30. The molecule has 0 saturated carbocycles. The highest BCUT2D eigenvalue weighted by Crippen LogP contribution is 2.33. The maximum absolute atomic E-state index is 12.6. The van der Waals surface area contributed by atoms with Gasteiger partial charge in [-0.25, -0.2) is 4.98 Å². The third-order valence-corrected chi connectivity index (χ3v) is 4.59. The van der Waals surface area contributed by atoms with Crippen LogP contribution in [0.3, 0.4) is 0 Å². The van der Waals surface area contributed by atoms with Crippen molar-refractivity contribution in [2.75, 3.05) is 11.9 Å². The number of rotatable bonds is 7. The molecule has 5 nitrogen and oxygen atoms in total. The molecule has 146 valence electrons. The van der Waals surface area contributed by atoms with Crippen LogP contribution in [0, 0.1) is 13.8 Å². The molecular weight excluding hydrogens is 386 g/mol. The van der Waals surface area contributed by atoms with E-state index < -0.39 is 6.61 Å². The van der Waals surface area contributed by atoms with E-state index in [0.29, 0.717) is 22.1 Å². The molecule has 3 aromatic rings. The van der Waals surface area contributed by atoms with E-state index in [-0.39, 0.29) is 18.3 Å². The van der Waals surface area contributed by atoms with Gasteiger partial charge in [-0.1, -0.05) is 24.3 Å². The number of nitrogens with zero attached hydrogens (tertiary/aromatic N) is 1. The number of alkyl halides is 2. The minimum Gasteiger partial charge on any atom is -0.483 e. The van der Waals surface area contributed by atoms with Gasteiger partial charge in [0.25, 0.3) is 5.91 Å². The van der Waals surface area contributed by atoms with Crippen molar-refractivity contribution in [2.24, 2.45) is 0 Å². The molecule has 1 N–H and O–H groups in total. The second kappa shape index (κ2) is 8.79. The minimum atomic E-state index is -2.93. The van der Waals surface area contributed by atoms with E-state index in [4.69, 9.17) is 4.74 Å². The standard InChI is InChI=1S/C20H18F2N2O3S/c1-12-7-8-13(2)17(9-12)26-10-18(25)24-20-23-15(11-28-20)14-5-3-4-6-16(14)27-19(21)22/h3-9,11,19H,10H2,1-2H3,(H,23,24,25). The summed E-state index contributed by atoms with van der Waals surface area (Å²) in [5.41, 5.74) is 2.83. The first-order chi connectivity index (χ1) is 13.4. The van der Waals surface area contributed by atoms with Crippen LogP contribution in [0.15, 0.2) is 47.8 Å². The van der Waals surface area contributed by atoms with Crippen LogP contribution < -0.4 is 14.8 Å². The molecule has 2 aromatic carbocycles. The van der Waals surface area contributed by atoms with Gasteiger partial charge in [0.2, 0.25) is 0 Å². The summed E-state index contributed by atoms with van der Waals surface area (Å²) in [4.78, 5) is 16.4. The Morgan fingerprint density at radius 1 is 1.18 bits per heavy atom. The van der Waals surface area contributed by atoms with Gasteiger partial charge in [0.05, 0.1) is 5.69 Å². The zero-order chi connectivity index (χ0) is 20.1. The van der Waals surface area contributed by atoms with Crippen LogP contribution in [-0.4, -0.2) is 24.1 Å². The van der Waals surface area contributed by atoms with E-state index in [1.807, 2.05) is 32.0 Å². The zero-order valence-corrected chi connectivity index (χ0v) is 16.1. The molecule has 1 heterocycles. The molecule has 0 bridgehead atoms. The zero-order valence-electron chi connectivity index (χ0n) is 15.2. The van der Waals surface area contributed by atoms with Gasteiger partial charge >= 0.3 is 6.61 Å². The molecule has 8 heteroatoms. The Morgan fingerprint density at radius 3 is 2.75 bits per heavy atom. The van der Waals surface area contributed by atoms with Crippen molar-refractivity contribution >= 4 is 22.4 Å². The first kappa shape index (κ1) is 19.8. The molecule has 0 saturated heterocycles. The average molecular weight is 404 g/mol. The second-order valence-corrected chi connectivity index (χ2v) is 6.88. The topological polar surface area (TPSA) is 60.5 Å². The van der Waals surface area contributed by atoms with Gasteiger partial charge in [0.1, 0.15) is 11.5 Å². The fourth-order valence-corrected chi connectivity index (χ4v) is 3.22. The van der Waals surface area contributed by atoms with Crippen molar-refractivity contribution in [1.82, 2.24) is 4.98 Å². The molecule has 0 atom stereocenters. The number of nitrogens with one attached hydrogen (secondary N) is 1. The molecule has 0 radical (unpaired) electrons. The van der Waals surface area contributed by atoms with Crippen LogP contribution in [0.2, 0.25) is 0 Å². The number of amides is 1. The summed E-state index contributed by atoms with van der Waals surface area (Å²) in [5, 5.41) is 4.66. The van der Waals surface area contributed by atoms with E-state index in [1.54, 1.807) is 23.6 Å². The van der Waals surface area contributed by atoms with E-state index in [1.165, 1.54) is 17.4 Å². The summed E-state index contributed by atoms with van der Waals surface area (Å²) in [6.45, 7) is 0.753. The van der Waals surface area contributed by atoms with Gasteiger partial charge in [-0.05, 0) is 43.2 Å². The maximum Gasteiger partial charge on any atom is 0.387 e. The van der Waals surface area contributed by atoms with Crippen molar-refractivity contribution in [3.8, 4) is 22.8 Å². The van der Waals surface area contributed by atoms with E-state index in [2.05, 4.69) is 15.0 Å². The van der Waals surface area contributed by atoms with E-state index in [0.717, 1.165) is 11.1 Å². The van der Waals surface area contributed by atoms with Crippen LogP contribution in [0.25, 0.3) is 11.3 Å². The predicted octanol–water partition coefficient (Wildman–Crippen LogP) is 5.05. The summed E-state index contributed by atoms with van der Waals surface area (Å²) in [7, 11) is 0. The normalized spacial score (nSPS) is 10.8. The smallest absolute Gasteiger partial charge is 0.387 e. The number of anilines is 1.